The highest BCUT2D eigenvalue weighted by molar-refractivity contribution is 9.14. The van der Waals surface area contributed by atoms with E-state index < -0.39 is 0 Å². The van der Waals surface area contributed by atoms with Gasteiger partial charge in [-0.05, 0) is 24.1 Å². The molecule has 70 valence electrons. The van der Waals surface area contributed by atoms with E-state index in [2.05, 4.69) is 27.3 Å². The molecule has 2 aliphatic rings. The molecule has 0 unspecified atom stereocenters. The first kappa shape index (κ1) is 8.24. The van der Waals surface area contributed by atoms with Crippen LogP contribution in [-0.2, 0) is 4.79 Å². The van der Waals surface area contributed by atoms with E-state index in [1.807, 2.05) is 12.1 Å². The van der Waals surface area contributed by atoms with Crippen molar-refractivity contribution in [1.82, 2.24) is 0 Å². The van der Waals surface area contributed by atoms with Gasteiger partial charge in [0.1, 0.15) is 0 Å². The van der Waals surface area contributed by atoms with Gasteiger partial charge in [-0.2, -0.15) is 0 Å². The number of amides is 1. The topological polar surface area (TPSA) is 29.1 Å². The molecule has 0 radical (unpaired) electrons. The summed E-state index contributed by atoms with van der Waals surface area (Å²) in [6, 6.07) is 5.99. The number of anilines is 1. The normalized spacial score (nSPS) is 18.2. The van der Waals surface area contributed by atoms with Gasteiger partial charge in [0.2, 0.25) is 0 Å². The van der Waals surface area contributed by atoms with E-state index in [1.54, 1.807) is 0 Å². The van der Waals surface area contributed by atoms with Crippen LogP contribution in [0.2, 0.25) is 0 Å². The summed E-state index contributed by atoms with van der Waals surface area (Å²) in [6.45, 7) is 0. The molecule has 1 aromatic carbocycles. The SMILES string of the molecule is O=C1Nc2cccc3c2=C1CCC=3Br. The third kappa shape index (κ3) is 0.932. The number of carbonyl (C=O) groups is 1. The van der Waals surface area contributed by atoms with Crippen molar-refractivity contribution >= 4 is 37.6 Å². The molecule has 0 saturated carbocycles. The Morgan fingerprint density at radius 1 is 1.29 bits per heavy atom. The summed E-state index contributed by atoms with van der Waals surface area (Å²) in [5, 5.41) is 5.17. The third-order valence-corrected chi connectivity index (χ3v) is 3.60. The maximum absolute atomic E-state index is 11.6. The van der Waals surface area contributed by atoms with Crippen LogP contribution in [0.1, 0.15) is 12.8 Å². The summed E-state index contributed by atoms with van der Waals surface area (Å²) >= 11 is 3.56. The molecule has 1 aliphatic heterocycles. The second kappa shape index (κ2) is 2.70. The predicted octanol–water partition coefficient (Wildman–Crippen LogP) is 1.09. The molecule has 0 bridgehead atoms. The average Bonchev–Trinajstić information content (AvgIpc) is 2.50. The molecule has 0 saturated heterocycles. The molecule has 0 atom stereocenters. The van der Waals surface area contributed by atoms with Crippen LogP contribution < -0.4 is 15.8 Å². The number of hydrogen-bond acceptors (Lipinski definition) is 1. The zero-order chi connectivity index (χ0) is 9.71. The first-order chi connectivity index (χ1) is 6.77. The highest BCUT2D eigenvalue weighted by Crippen LogP contribution is 2.24. The fourth-order valence-corrected chi connectivity index (χ4v) is 2.66. The largest absolute Gasteiger partial charge is 0.322 e. The lowest BCUT2D eigenvalue weighted by atomic mass is 10.0. The zero-order valence-electron chi connectivity index (χ0n) is 7.43. The Bertz CT molecular complexity index is 559. The number of benzene rings is 1. The molecule has 3 rings (SSSR count). The number of carbonyl (C=O) groups excluding carboxylic acids is 1. The molecule has 2 nitrogen and oxygen atoms in total. The molecule has 14 heavy (non-hydrogen) atoms. The number of halogens is 1. The van der Waals surface area contributed by atoms with E-state index in [4.69, 9.17) is 0 Å². The molecule has 1 heterocycles. The second-order valence-electron chi connectivity index (χ2n) is 3.57. The molecule has 0 fully saturated rings. The minimum atomic E-state index is 0.0763. The van der Waals surface area contributed by atoms with E-state index in [1.165, 1.54) is 9.70 Å². The van der Waals surface area contributed by atoms with Crippen LogP contribution in [0.4, 0.5) is 5.69 Å². The summed E-state index contributed by atoms with van der Waals surface area (Å²) in [5.41, 5.74) is 1.90. The molecule has 0 spiro atoms. The predicted molar refractivity (Wildman–Crippen MR) is 59.3 cm³/mol. The lowest BCUT2D eigenvalue weighted by Crippen LogP contribution is -2.29. The number of nitrogens with one attached hydrogen (secondary N) is 1. The summed E-state index contributed by atoms with van der Waals surface area (Å²) in [7, 11) is 0. The minimum absolute atomic E-state index is 0.0763. The van der Waals surface area contributed by atoms with Gasteiger partial charge in [0.25, 0.3) is 5.91 Å². The van der Waals surface area contributed by atoms with Gasteiger partial charge in [0, 0.05) is 21.0 Å². The molecule has 0 aromatic heterocycles. The van der Waals surface area contributed by atoms with E-state index >= 15 is 0 Å². The highest BCUT2D eigenvalue weighted by atomic mass is 79.9. The Morgan fingerprint density at radius 2 is 2.14 bits per heavy atom. The van der Waals surface area contributed by atoms with Crippen molar-refractivity contribution in [1.29, 1.82) is 0 Å². The zero-order valence-corrected chi connectivity index (χ0v) is 9.02. The van der Waals surface area contributed by atoms with E-state index in [0.29, 0.717) is 0 Å². The van der Waals surface area contributed by atoms with Crippen molar-refractivity contribution in [2.75, 3.05) is 5.32 Å². The van der Waals surface area contributed by atoms with Gasteiger partial charge in [0.15, 0.2) is 0 Å². The first-order valence-electron chi connectivity index (χ1n) is 4.59. The van der Waals surface area contributed by atoms with Crippen molar-refractivity contribution in [2.45, 2.75) is 12.8 Å². The van der Waals surface area contributed by atoms with E-state index in [-0.39, 0.29) is 5.91 Å². The Hall–Kier alpha value is -1.09. The fourth-order valence-electron chi connectivity index (χ4n) is 2.13. The molecule has 1 amide bonds. The quantitative estimate of drug-likeness (QED) is 0.733. The highest BCUT2D eigenvalue weighted by Gasteiger charge is 2.23. The monoisotopic (exact) mass is 249 g/mol. The Kier molecular flexibility index (Phi) is 1.59. The fraction of sp³-hybridized carbons (Fsp3) is 0.182. The van der Waals surface area contributed by atoms with Gasteiger partial charge in [-0.3, -0.25) is 4.79 Å². The van der Waals surface area contributed by atoms with Gasteiger partial charge < -0.3 is 5.32 Å². The molecule has 1 aliphatic carbocycles. The number of rotatable bonds is 0. The van der Waals surface area contributed by atoms with Gasteiger partial charge in [-0.15, -0.1) is 0 Å². The smallest absolute Gasteiger partial charge is 0.252 e. The van der Waals surface area contributed by atoms with Crippen LogP contribution in [0.5, 0.6) is 0 Å². The van der Waals surface area contributed by atoms with Crippen molar-refractivity contribution in [3.63, 3.8) is 0 Å². The number of hydrogen-bond donors (Lipinski definition) is 1. The van der Waals surface area contributed by atoms with E-state index in [9.17, 15) is 4.79 Å². The standard InChI is InChI=1S/C11H8BrNO/c12-8-5-4-7-10-6(8)2-1-3-9(10)13-11(7)14/h1-3H,4-5H2,(H,13,14). The van der Waals surface area contributed by atoms with Crippen LogP contribution in [0.3, 0.4) is 0 Å². The van der Waals surface area contributed by atoms with Crippen molar-refractivity contribution < 1.29 is 4.79 Å². The van der Waals surface area contributed by atoms with Crippen molar-refractivity contribution in [2.24, 2.45) is 0 Å². The first-order valence-corrected chi connectivity index (χ1v) is 5.39. The Morgan fingerprint density at radius 3 is 3.00 bits per heavy atom. The van der Waals surface area contributed by atoms with Crippen LogP contribution in [0.25, 0.3) is 10.1 Å². The maximum atomic E-state index is 11.6. The van der Waals surface area contributed by atoms with E-state index in [0.717, 1.165) is 29.3 Å². The van der Waals surface area contributed by atoms with Crippen molar-refractivity contribution in [3.05, 3.63) is 28.6 Å². The van der Waals surface area contributed by atoms with Crippen LogP contribution in [-0.4, -0.2) is 5.91 Å². The van der Waals surface area contributed by atoms with Gasteiger partial charge in [-0.1, -0.05) is 28.1 Å². The average molecular weight is 250 g/mol. The Balaban J connectivity index is 2.58. The van der Waals surface area contributed by atoms with Crippen LogP contribution in [0.15, 0.2) is 18.2 Å². The van der Waals surface area contributed by atoms with Crippen LogP contribution >= 0.6 is 15.9 Å². The second-order valence-corrected chi connectivity index (χ2v) is 4.52. The molecular weight excluding hydrogens is 242 g/mol. The summed E-state index contributed by atoms with van der Waals surface area (Å²) in [5.74, 6) is 0.0763. The van der Waals surface area contributed by atoms with Gasteiger partial charge in [-0.25, -0.2) is 0 Å². The molecule has 1 aromatic rings. The Labute approximate surface area is 89.4 Å². The maximum Gasteiger partial charge on any atom is 0.252 e. The van der Waals surface area contributed by atoms with Gasteiger partial charge in [0.05, 0.1) is 0 Å². The minimum Gasteiger partial charge on any atom is -0.322 e. The summed E-state index contributed by atoms with van der Waals surface area (Å²) < 4.78 is 1.20. The van der Waals surface area contributed by atoms with Crippen molar-refractivity contribution in [3.8, 4) is 0 Å². The van der Waals surface area contributed by atoms with Crippen LogP contribution in [0, 0.1) is 0 Å². The summed E-state index contributed by atoms with van der Waals surface area (Å²) in [4.78, 5) is 11.6. The lowest BCUT2D eigenvalue weighted by Gasteiger charge is -2.06. The third-order valence-electron chi connectivity index (χ3n) is 2.78. The van der Waals surface area contributed by atoms with Gasteiger partial charge >= 0.3 is 0 Å². The lowest BCUT2D eigenvalue weighted by molar-refractivity contribution is -0.111. The molecule has 1 N–H and O–H groups in total. The molecular formula is C11H8BrNO. The summed E-state index contributed by atoms with van der Waals surface area (Å²) in [6.07, 6.45) is 1.77. The molecule has 3 heteroatoms.